The van der Waals surface area contributed by atoms with Crippen molar-refractivity contribution in [2.24, 2.45) is 0 Å². The summed E-state index contributed by atoms with van der Waals surface area (Å²) in [7, 11) is 0. The van der Waals surface area contributed by atoms with Crippen LogP contribution in [0.25, 0.3) is 0 Å². The van der Waals surface area contributed by atoms with Gasteiger partial charge in [-0.3, -0.25) is 0 Å². The Kier molecular flexibility index (Phi) is 4.60. The first-order valence-corrected chi connectivity index (χ1v) is 6.77. The summed E-state index contributed by atoms with van der Waals surface area (Å²) in [5.74, 6) is -0.531. The molecular formula is C13H18O3S. The van der Waals surface area contributed by atoms with E-state index in [2.05, 4.69) is 0 Å². The Balaban J connectivity index is 2.57. The van der Waals surface area contributed by atoms with Gasteiger partial charge in [0, 0.05) is 0 Å². The highest BCUT2D eigenvalue weighted by Crippen LogP contribution is 2.14. The fourth-order valence-corrected chi connectivity index (χ4v) is 2.13. The lowest BCUT2D eigenvalue weighted by Crippen LogP contribution is -2.28. The van der Waals surface area contributed by atoms with Crippen LogP contribution < -0.4 is 0 Å². The quantitative estimate of drug-likeness (QED) is 0.615. The van der Waals surface area contributed by atoms with Gasteiger partial charge in [-0.15, -0.1) is 0 Å². The zero-order chi connectivity index (χ0) is 13.1. The van der Waals surface area contributed by atoms with Crippen molar-refractivity contribution in [1.29, 1.82) is 0 Å². The van der Waals surface area contributed by atoms with Crippen LogP contribution in [0.4, 0.5) is 0 Å². The lowest BCUT2D eigenvalue weighted by atomic mass is 10.2. The van der Waals surface area contributed by atoms with Crippen molar-refractivity contribution >= 4 is 17.1 Å². The standard InChI is InChI=1S/C13H18O3S/c1-10-5-7-11(8-6-10)17(15)9-12(14)16-13(2,3)4/h5-8H,9H2,1-4H3. The SMILES string of the molecule is Cc1ccc([S+]([O-])CC(=O)OC(C)(C)C)cc1. The lowest BCUT2D eigenvalue weighted by molar-refractivity contribution is -0.151. The van der Waals surface area contributed by atoms with Crippen LogP contribution in [0.1, 0.15) is 26.3 Å². The fraction of sp³-hybridized carbons (Fsp3) is 0.462. The Bertz CT molecular complexity index is 379. The maximum absolute atomic E-state index is 11.9. The van der Waals surface area contributed by atoms with Crippen LogP contribution in [-0.4, -0.2) is 21.9 Å². The zero-order valence-electron chi connectivity index (χ0n) is 10.6. The van der Waals surface area contributed by atoms with E-state index in [1.54, 1.807) is 32.9 Å². The minimum atomic E-state index is -1.33. The van der Waals surface area contributed by atoms with Crippen LogP contribution in [-0.2, 0) is 20.7 Å². The van der Waals surface area contributed by atoms with Crippen LogP contribution in [0.15, 0.2) is 29.2 Å². The second kappa shape index (κ2) is 5.56. The normalized spacial score (nSPS) is 13.2. The molecule has 1 aromatic carbocycles. The first-order valence-electron chi connectivity index (χ1n) is 5.45. The van der Waals surface area contributed by atoms with Gasteiger partial charge in [0.2, 0.25) is 5.75 Å². The number of carbonyl (C=O) groups excluding carboxylic acids is 1. The molecule has 0 aliphatic carbocycles. The molecule has 0 aliphatic heterocycles. The van der Waals surface area contributed by atoms with E-state index >= 15 is 0 Å². The van der Waals surface area contributed by atoms with Crippen LogP contribution in [0.5, 0.6) is 0 Å². The van der Waals surface area contributed by atoms with Crippen LogP contribution in [0.3, 0.4) is 0 Å². The van der Waals surface area contributed by atoms with Gasteiger partial charge in [-0.2, -0.15) is 0 Å². The molecule has 0 amide bonds. The molecule has 0 saturated heterocycles. The lowest BCUT2D eigenvalue weighted by Gasteiger charge is -2.19. The average Bonchev–Trinajstić information content (AvgIpc) is 2.15. The topological polar surface area (TPSA) is 49.4 Å². The summed E-state index contributed by atoms with van der Waals surface area (Å²) in [5, 5.41) is 0. The Morgan fingerprint density at radius 3 is 2.29 bits per heavy atom. The molecule has 17 heavy (non-hydrogen) atoms. The number of hydrogen-bond donors (Lipinski definition) is 0. The Labute approximate surface area is 105 Å². The molecule has 1 aromatic rings. The number of carbonyl (C=O) groups is 1. The summed E-state index contributed by atoms with van der Waals surface area (Å²) in [6, 6.07) is 7.30. The maximum Gasteiger partial charge on any atom is 0.357 e. The van der Waals surface area contributed by atoms with Crippen molar-refractivity contribution in [3.63, 3.8) is 0 Å². The predicted molar refractivity (Wildman–Crippen MR) is 68.3 cm³/mol. The number of rotatable bonds is 3. The van der Waals surface area contributed by atoms with E-state index in [1.807, 2.05) is 19.1 Å². The number of benzene rings is 1. The summed E-state index contributed by atoms with van der Waals surface area (Å²) in [5.41, 5.74) is 0.567. The van der Waals surface area contributed by atoms with Crippen molar-refractivity contribution in [1.82, 2.24) is 0 Å². The average molecular weight is 254 g/mol. The maximum atomic E-state index is 11.9. The van der Waals surface area contributed by atoms with E-state index in [9.17, 15) is 9.35 Å². The van der Waals surface area contributed by atoms with Crippen LogP contribution >= 0.6 is 0 Å². The third-order valence-electron chi connectivity index (χ3n) is 1.95. The van der Waals surface area contributed by atoms with Gasteiger partial charge in [0.25, 0.3) is 0 Å². The molecule has 1 unspecified atom stereocenters. The highest BCUT2D eigenvalue weighted by Gasteiger charge is 2.22. The third-order valence-corrected chi connectivity index (χ3v) is 3.25. The molecule has 0 radical (unpaired) electrons. The number of aryl methyl sites for hydroxylation is 1. The van der Waals surface area contributed by atoms with Crippen molar-refractivity contribution in [2.75, 3.05) is 5.75 Å². The van der Waals surface area contributed by atoms with Gasteiger partial charge in [0.05, 0.1) is 0 Å². The van der Waals surface area contributed by atoms with E-state index < -0.39 is 22.7 Å². The summed E-state index contributed by atoms with van der Waals surface area (Å²) < 4.78 is 17.0. The molecule has 0 spiro atoms. The van der Waals surface area contributed by atoms with Crippen molar-refractivity contribution in [3.8, 4) is 0 Å². The molecule has 0 saturated carbocycles. The second-order valence-corrected chi connectivity index (χ2v) is 6.34. The predicted octanol–water partition coefficient (Wildman–Crippen LogP) is 2.44. The van der Waals surface area contributed by atoms with Crippen molar-refractivity contribution in [2.45, 2.75) is 38.2 Å². The van der Waals surface area contributed by atoms with Crippen molar-refractivity contribution < 1.29 is 14.1 Å². The molecule has 0 bridgehead atoms. The van der Waals surface area contributed by atoms with E-state index in [0.717, 1.165) is 5.56 Å². The number of ether oxygens (including phenoxy) is 1. The smallest absolute Gasteiger partial charge is 0.357 e. The van der Waals surface area contributed by atoms with Gasteiger partial charge >= 0.3 is 5.97 Å². The summed E-state index contributed by atoms with van der Waals surface area (Å²) in [6.07, 6.45) is 0. The van der Waals surface area contributed by atoms with Crippen LogP contribution in [0, 0.1) is 6.92 Å². The minimum Gasteiger partial charge on any atom is -0.611 e. The van der Waals surface area contributed by atoms with E-state index in [1.165, 1.54) is 0 Å². The molecule has 3 nitrogen and oxygen atoms in total. The number of esters is 1. The molecule has 0 aliphatic rings. The van der Waals surface area contributed by atoms with Gasteiger partial charge in [0.15, 0.2) is 4.90 Å². The Morgan fingerprint density at radius 1 is 1.29 bits per heavy atom. The third kappa shape index (κ3) is 5.24. The summed E-state index contributed by atoms with van der Waals surface area (Å²) in [4.78, 5) is 12.1. The summed E-state index contributed by atoms with van der Waals surface area (Å²) >= 11 is -1.33. The molecule has 1 atom stereocenters. The van der Waals surface area contributed by atoms with Gasteiger partial charge in [-0.1, -0.05) is 17.7 Å². The minimum absolute atomic E-state index is 0.0969. The van der Waals surface area contributed by atoms with Gasteiger partial charge in [-0.05, 0) is 51.0 Å². The first kappa shape index (κ1) is 14.1. The molecule has 1 rings (SSSR count). The van der Waals surface area contributed by atoms with E-state index in [0.29, 0.717) is 4.90 Å². The van der Waals surface area contributed by atoms with E-state index in [-0.39, 0.29) is 5.75 Å². The Morgan fingerprint density at radius 2 is 1.82 bits per heavy atom. The molecule has 0 aromatic heterocycles. The van der Waals surface area contributed by atoms with Crippen LogP contribution in [0.2, 0.25) is 0 Å². The van der Waals surface area contributed by atoms with Gasteiger partial charge < -0.3 is 9.29 Å². The zero-order valence-corrected chi connectivity index (χ0v) is 11.5. The molecule has 0 fully saturated rings. The van der Waals surface area contributed by atoms with Gasteiger partial charge in [-0.25, -0.2) is 4.79 Å². The molecular weight excluding hydrogens is 236 g/mol. The second-order valence-electron chi connectivity index (χ2n) is 4.89. The largest absolute Gasteiger partial charge is 0.611 e. The van der Waals surface area contributed by atoms with Crippen molar-refractivity contribution in [3.05, 3.63) is 29.8 Å². The molecule has 0 heterocycles. The van der Waals surface area contributed by atoms with E-state index in [4.69, 9.17) is 4.74 Å². The number of hydrogen-bond acceptors (Lipinski definition) is 3. The highest BCUT2D eigenvalue weighted by atomic mass is 32.2. The monoisotopic (exact) mass is 254 g/mol. The van der Waals surface area contributed by atoms with Gasteiger partial charge in [0.1, 0.15) is 5.60 Å². The molecule has 4 heteroatoms. The molecule has 94 valence electrons. The Hall–Kier alpha value is -1.00. The molecule has 0 N–H and O–H groups in total. The fourth-order valence-electron chi connectivity index (χ4n) is 1.25. The highest BCUT2D eigenvalue weighted by molar-refractivity contribution is 7.92. The summed E-state index contributed by atoms with van der Waals surface area (Å²) in [6.45, 7) is 7.33. The first-order chi connectivity index (χ1) is 7.78.